The maximum atomic E-state index is 8.43. The van der Waals surface area contributed by atoms with Gasteiger partial charge in [0.1, 0.15) is 6.07 Å². The monoisotopic (exact) mass is 526 g/mol. The highest BCUT2D eigenvalue weighted by Crippen LogP contribution is 2.13. The predicted molar refractivity (Wildman–Crippen MR) is 160 cm³/mol. The Morgan fingerprint density at radius 3 is 1.46 bits per heavy atom. The van der Waals surface area contributed by atoms with Crippen molar-refractivity contribution >= 4 is 5.69 Å². The Morgan fingerprint density at radius 1 is 0.667 bits per heavy atom. The van der Waals surface area contributed by atoms with Gasteiger partial charge in [-0.1, -0.05) is 0 Å². The second kappa shape index (κ2) is 18.1. The molecule has 0 saturated carbocycles. The number of aromatic nitrogens is 4. The number of rotatable bonds is 4. The summed E-state index contributed by atoms with van der Waals surface area (Å²) in [6.07, 6.45) is 14.2. The van der Waals surface area contributed by atoms with Crippen LogP contribution in [0.15, 0.2) is 73.8 Å². The summed E-state index contributed by atoms with van der Waals surface area (Å²) in [4.78, 5) is 20.0. The number of nitrogens with zero attached hydrogens (tertiary/aromatic N) is 7. The van der Waals surface area contributed by atoms with Crippen molar-refractivity contribution < 1.29 is 0 Å². The van der Waals surface area contributed by atoms with Crippen LogP contribution in [0.3, 0.4) is 0 Å². The van der Waals surface area contributed by atoms with E-state index in [4.69, 9.17) is 11.0 Å². The minimum atomic E-state index is 0.583. The molecular formula is C31H42N8. The van der Waals surface area contributed by atoms with Crippen molar-refractivity contribution in [2.24, 2.45) is 5.73 Å². The molecule has 8 heteroatoms. The molecule has 39 heavy (non-hydrogen) atoms. The molecule has 0 amide bonds. The first-order chi connectivity index (χ1) is 18.6. The first-order valence-corrected chi connectivity index (χ1v) is 12.6. The highest BCUT2D eigenvalue weighted by molar-refractivity contribution is 5.49. The maximum Gasteiger partial charge on any atom is 0.101 e. The van der Waals surface area contributed by atoms with Gasteiger partial charge in [0.25, 0.3) is 0 Å². The molecule has 2 N–H and O–H groups in total. The molecule has 4 heterocycles. The Balaban J connectivity index is 0.000000261. The standard InChI is InChI=1S/C9H14N2.C8H12N2.C7H10N2.C7H6N2/c1-8-4-5-10-6-9(8)7-11(2)3;1-7-4-5-9-6-8(7)10(2)3;2*1-6-2-3-9-5-7(6)4-8/h4-6H,7H2,1-3H3;4-6H,1-3H3;2-3,5H,4,8H2,1H3;2-3,5H,1H3. The van der Waals surface area contributed by atoms with Crippen molar-refractivity contribution in [3.05, 3.63) is 113 Å². The highest BCUT2D eigenvalue weighted by atomic mass is 15.1. The minimum Gasteiger partial charge on any atom is -0.376 e. The van der Waals surface area contributed by atoms with Crippen molar-refractivity contribution in [3.63, 3.8) is 0 Å². The maximum absolute atomic E-state index is 8.43. The lowest BCUT2D eigenvalue weighted by Crippen LogP contribution is -2.11. The summed E-state index contributed by atoms with van der Waals surface area (Å²) in [7, 11) is 8.16. The average Bonchev–Trinajstić information content (AvgIpc) is 2.91. The molecule has 0 aliphatic rings. The van der Waals surface area contributed by atoms with Crippen LogP contribution < -0.4 is 10.6 Å². The first-order valence-electron chi connectivity index (χ1n) is 12.6. The lowest BCUT2D eigenvalue weighted by Gasteiger charge is -2.13. The molecule has 0 aliphatic carbocycles. The van der Waals surface area contributed by atoms with Crippen LogP contribution in [0.4, 0.5) is 5.69 Å². The molecule has 206 valence electrons. The second-order valence-electron chi connectivity index (χ2n) is 9.41. The average molecular weight is 527 g/mol. The largest absolute Gasteiger partial charge is 0.376 e. The van der Waals surface area contributed by atoms with Crippen LogP contribution in [0.5, 0.6) is 0 Å². The van der Waals surface area contributed by atoms with E-state index < -0.39 is 0 Å². The third-order valence-corrected chi connectivity index (χ3v) is 5.65. The Hall–Kier alpha value is -4.19. The minimum absolute atomic E-state index is 0.583. The Morgan fingerprint density at radius 2 is 1.13 bits per heavy atom. The van der Waals surface area contributed by atoms with Gasteiger partial charge in [-0.05, 0) is 99.4 Å². The van der Waals surface area contributed by atoms with Crippen molar-refractivity contribution in [2.45, 2.75) is 40.8 Å². The molecule has 0 bridgehead atoms. The topological polar surface area (TPSA) is 108 Å². The van der Waals surface area contributed by atoms with E-state index in [0.717, 1.165) is 17.7 Å². The summed E-state index contributed by atoms with van der Waals surface area (Å²) in [6, 6.07) is 9.86. The van der Waals surface area contributed by atoms with Crippen LogP contribution in [-0.2, 0) is 13.1 Å². The van der Waals surface area contributed by atoms with Crippen molar-refractivity contribution in [3.8, 4) is 6.07 Å². The molecule has 8 nitrogen and oxygen atoms in total. The highest BCUT2D eigenvalue weighted by Gasteiger charge is 1.98. The summed E-state index contributed by atoms with van der Waals surface area (Å²) < 4.78 is 0. The summed E-state index contributed by atoms with van der Waals surface area (Å²) in [5, 5.41) is 8.43. The molecule has 4 aromatic rings. The van der Waals surface area contributed by atoms with E-state index in [2.05, 4.69) is 57.7 Å². The van der Waals surface area contributed by atoms with Gasteiger partial charge in [-0.15, -0.1) is 0 Å². The van der Waals surface area contributed by atoms with Gasteiger partial charge in [0.15, 0.2) is 0 Å². The quantitative estimate of drug-likeness (QED) is 0.395. The summed E-state index contributed by atoms with van der Waals surface area (Å²) in [5.74, 6) is 0. The van der Waals surface area contributed by atoms with E-state index in [1.54, 1.807) is 24.8 Å². The van der Waals surface area contributed by atoms with E-state index >= 15 is 0 Å². The second-order valence-corrected chi connectivity index (χ2v) is 9.41. The summed E-state index contributed by atoms with van der Waals surface area (Å²) in [6.45, 7) is 9.67. The third kappa shape index (κ3) is 12.7. The molecule has 4 rings (SSSR count). The van der Waals surface area contributed by atoms with E-state index in [9.17, 15) is 0 Å². The number of pyridine rings is 4. The van der Waals surface area contributed by atoms with Gasteiger partial charge >= 0.3 is 0 Å². The lowest BCUT2D eigenvalue weighted by molar-refractivity contribution is 0.401. The molecule has 0 radical (unpaired) electrons. The lowest BCUT2D eigenvalue weighted by atomic mass is 10.1. The van der Waals surface area contributed by atoms with Crippen molar-refractivity contribution in [1.29, 1.82) is 5.26 Å². The van der Waals surface area contributed by atoms with E-state index in [1.807, 2.05) is 83.1 Å². The SMILES string of the molecule is Cc1ccncc1C#N.Cc1ccncc1CN.Cc1ccncc1CN(C)C.Cc1ccncc1N(C)C. The molecule has 0 atom stereocenters. The molecular weight excluding hydrogens is 484 g/mol. The molecule has 0 spiro atoms. The molecule has 4 aromatic heterocycles. The van der Waals surface area contributed by atoms with Gasteiger partial charge in [0.2, 0.25) is 0 Å². The fourth-order valence-corrected chi connectivity index (χ4v) is 3.22. The van der Waals surface area contributed by atoms with Crippen LogP contribution in [0.25, 0.3) is 0 Å². The molecule has 0 unspecified atom stereocenters. The number of hydrogen-bond acceptors (Lipinski definition) is 8. The zero-order valence-corrected chi connectivity index (χ0v) is 24.6. The van der Waals surface area contributed by atoms with Gasteiger partial charge in [0.05, 0.1) is 17.4 Å². The number of nitrogens with two attached hydrogens (primary N) is 1. The van der Waals surface area contributed by atoms with Gasteiger partial charge in [-0.2, -0.15) is 5.26 Å². The molecule has 0 fully saturated rings. The summed E-state index contributed by atoms with van der Waals surface area (Å²) in [5.41, 5.74) is 14.4. The van der Waals surface area contributed by atoms with Crippen LogP contribution in [-0.4, -0.2) is 53.0 Å². The Kier molecular flexibility index (Phi) is 15.3. The smallest absolute Gasteiger partial charge is 0.101 e. The first kappa shape index (κ1) is 32.8. The fourth-order valence-electron chi connectivity index (χ4n) is 3.22. The van der Waals surface area contributed by atoms with E-state index in [-0.39, 0.29) is 0 Å². The zero-order valence-electron chi connectivity index (χ0n) is 24.6. The zero-order chi connectivity index (χ0) is 29.2. The number of nitriles is 1. The van der Waals surface area contributed by atoms with Gasteiger partial charge in [-0.25, -0.2) is 0 Å². The third-order valence-electron chi connectivity index (χ3n) is 5.65. The van der Waals surface area contributed by atoms with Crippen LogP contribution in [0, 0.1) is 39.0 Å². The van der Waals surface area contributed by atoms with Crippen LogP contribution in [0.1, 0.15) is 38.9 Å². The normalized spacial score (nSPS) is 9.56. The van der Waals surface area contributed by atoms with Crippen molar-refractivity contribution in [2.75, 3.05) is 33.1 Å². The van der Waals surface area contributed by atoms with Crippen LogP contribution in [0.2, 0.25) is 0 Å². The van der Waals surface area contributed by atoms with Crippen molar-refractivity contribution in [1.82, 2.24) is 24.8 Å². The molecule has 0 aliphatic heterocycles. The van der Waals surface area contributed by atoms with Crippen LogP contribution >= 0.6 is 0 Å². The Bertz CT molecular complexity index is 1290. The van der Waals surface area contributed by atoms with E-state index in [0.29, 0.717) is 12.1 Å². The number of hydrogen-bond donors (Lipinski definition) is 1. The van der Waals surface area contributed by atoms with Gasteiger partial charge in [0, 0.05) is 70.6 Å². The van der Waals surface area contributed by atoms with Gasteiger partial charge < -0.3 is 15.5 Å². The molecule has 0 aromatic carbocycles. The number of anilines is 1. The van der Waals surface area contributed by atoms with Gasteiger partial charge in [-0.3, -0.25) is 19.9 Å². The number of aryl methyl sites for hydroxylation is 4. The van der Waals surface area contributed by atoms with E-state index in [1.165, 1.54) is 27.9 Å². The Labute approximate surface area is 234 Å². The summed E-state index contributed by atoms with van der Waals surface area (Å²) >= 11 is 0. The fraction of sp³-hybridized carbons (Fsp3) is 0.323. The molecule has 0 saturated heterocycles. The predicted octanol–water partition coefficient (Wildman–Crippen LogP) is 5.02.